The maximum absolute atomic E-state index is 12.2. The average Bonchev–Trinajstić information content (AvgIpc) is 2.12. The Morgan fingerprint density at radius 3 is 2.50 bits per heavy atom. The lowest BCUT2D eigenvalue weighted by atomic mass is 9.96. The number of carboxylic acids is 1. The van der Waals surface area contributed by atoms with E-state index in [9.17, 15) is 18.0 Å². The van der Waals surface area contributed by atoms with Gasteiger partial charge in [-0.15, -0.1) is 0 Å². The van der Waals surface area contributed by atoms with Crippen LogP contribution in [0.2, 0.25) is 5.02 Å². The van der Waals surface area contributed by atoms with Crippen LogP contribution in [0.15, 0.2) is 24.3 Å². The van der Waals surface area contributed by atoms with Crippen molar-refractivity contribution in [1.29, 1.82) is 0 Å². The summed E-state index contributed by atoms with van der Waals surface area (Å²) in [4.78, 5) is 10.7. The number of carboxylic acid groups (broad SMARTS) is 1. The smallest absolute Gasteiger partial charge is 0.390 e. The molecule has 0 aliphatic heterocycles. The maximum Gasteiger partial charge on any atom is 0.390 e. The third kappa shape index (κ3) is 3.73. The van der Waals surface area contributed by atoms with Crippen molar-refractivity contribution in [2.75, 3.05) is 0 Å². The Morgan fingerprint density at radius 1 is 1.44 bits per heavy atom. The summed E-state index contributed by atoms with van der Waals surface area (Å²) in [5, 5.41) is 8.95. The lowest BCUT2D eigenvalue weighted by Gasteiger charge is -2.15. The molecule has 1 aromatic rings. The average molecular weight is 253 g/mol. The first-order chi connectivity index (χ1) is 7.29. The Morgan fingerprint density at radius 2 is 2.06 bits per heavy atom. The third-order valence-corrected chi connectivity index (χ3v) is 2.22. The molecule has 0 aliphatic rings. The largest absolute Gasteiger partial charge is 0.481 e. The molecule has 0 fully saturated rings. The molecule has 0 saturated heterocycles. The number of hydrogen-bond acceptors (Lipinski definition) is 1. The summed E-state index contributed by atoms with van der Waals surface area (Å²) in [6.07, 6.45) is -5.92. The Hall–Kier alpha value is -1.23. The molecule has 1 N–H and O–H groups in total. The molecule has 1 rings (SSSR count). The fourth-order valence-corrected chi connectivity index (χ4v) is 1.50. The summed E-state index contributed by atoms with van der Waals surface area (Å²) in [6, 6.07) is 5.43. The lowest BCUT2D eigenvalue weighted by Crippen LogP contribution is -2.20. The van der Waals surface area contributed by atoms with Crippen LogP contribution in [0.4, 0.5) is 13.2 Å². The molecule has 0 saturated carbocycles. The van der Waals surface area contributed by atoms with Gasteiger partial charge >= 0.3 is 12.1 Å². The highest BCUT2D eigenvalue weighted by Gasteiger charge is 2.36. The zero-order chi connectivity index (χ0) is 12.3. The standard InChI is InChI=1S/C10H8ClF3O2/c11-7-3-1-2-6(4-7)8(9(15)16)5-10(12,13)14/h1-4,8H,5H2,(H,15,16)/t8-/m1/s1. The third-order valence-electron chi connectivity index (χ3n) is 1.98. The SMILES string of the molecule is O=C(O)[C@H](CC(F)(F)F)c1cccc(Cl)c1. The van der Waals surface area contributed by atoms with Crippen LogP contribution < -0.4 is 0 Å². The van der Waals surface area contributed by atoms with Gasteiger partial charge in [-0.25, -0.2) is 0 Å². The van der Waals surface area contributed by atoms with E-state index in [1.54, 1.807) is 0 Å². The minimum Gasteiger partial charge on any atom is -0.481 e. The van der Waals surface area contributed by atoms with Crippen molar-refractivity contribution in [2.24, 2.45) is 0 Å². The van der Waals surface area contributed by atoms with E-state index in [1.807, 2.05) is 0 Å². The molecule has 0 unspecified atom stereocenters. The summed E-state index contributed by atoms with van der Waals surface area (Å²) in [5.74, 6) is -3.13. The van der Waals surface area contributed by atoms with Gasteiger partial charge < -0.3 is 5.11 Å². The van der Waals surface area contributed by atoms with Crippen molar-refractivity contribution in [3.05, 3.63) is 34.9 Å². The molecule has 88 valence electrons. The molecule has 2 nitrogen and oxygen atoms in total. The normalized spacial score (nSPS) is 13.5. The zero-order valence-corrected chi connectivity index (χ0v) is 8.72. The molecule has 0 amide bonds. The molecular formula is C10H8ClF3O2. The minimum atomic E-state index is -4.52. The quantitative estimate of drug-likeness (QED) is 0.894. The van der Waals surface area contributed by atoms with Crippen LogP contribution in [0.3, 0.4) is 0 Å². The Bertz CT molecular complexity index is 390. The van der Waals surface area contributed by atoms with Gasteiger partial charge in [0.1, 0.15) is 0 Å². The molecule has 0 radical (unpaired) electrons. The fourth-order valence-electron chi connectivity index (χ4n) is 1.30. The van der Waals surface area contributed by atoms with E-state index in [-0.39, 0.29) is 10.6 Å². The molecule has 6 heteroatoms. The van der Waals surface area contributed by atoms with Gasteiger partial charge in [0.25, 0.3) is 0 Å². The summed E-state index contributed by atoms with van der Waals surface area (Å²) < 4.78 is 36.5. The second kappa shape index (κ2) is 4.74. The van der Waals surface area contributed by atoms with Crippen LogP contribution in [0.5, 0.6) is 0 Å². The van der Waals surface area contributed by atoms with Gasteiger partial charge in [0, 0.05) is 5.02 Å². The highest BCUT2D eigenvalue weighted by molar-refractivity contribution is 6.30. The van der Waals surface area contributed by atoms with Crippen molar-refractivity contribution >= 4 is 17.6 Å². The number of benzene rings is 1. The van der Waals surface area contributed by atoms with E-state index < -0.39 is 24.5 Å². The van der Waals surface area contributed by atoms with Crippen molar-refractivity contribution in [2.45, 2.75) is 18.5 Å². The molecule has 1 aromatic carbocycles. The van der Waals surface area contributed by atoms with Crippen LogP contribution in [-0.2, 0) is 4.79 Å². The van der Waals surface area contributed by atoms with Crippen LogP contribution in [-0.4, -0.2) is 17.3 Å². The summed E-state index contributed by atoms with van der Waals surface area (Å²) in [7, 11) is 0. The molecule has 0 spiro atoms. The zero-order valence-electron chi connectivity index (χ0n) is 7.96. The Labute approximate surface area is 94.6 Å². The molecule has 1 atom stereocenters. The Kier molecular flexibility index (Phi) is 3.80. The van der Waals surface area contributed by atoms with Crippen LogP contribution >= 0.6 is 11.6 Å². The van der Waals surface area contributed by atoms with Crippen LogP contribution in [0, 0.1) is 0 Å². The van der Waals surface area contributed by atoms with Gasteiger partial charge in [0.15, 0.2) is 0 Å². The topological polar surface area (TPSA) is 37.3 Å². The highest BCUT2D eigenvalue weighted by Crippen LogP contribution is 2.32. The molecule has 0 aromatic heterocycles. The minimum absolute atomic E-state index is 0.0531. The molecule has 0 bridgehead atoms. The van der Waals surface area contributed by atoms with Gasteiger partial charge in [-0.05, 0) is 17.7 Å². The first-order valence-corrected chi connectivity index (χ1v) is 4.72. The van der Waals surface area contributed by atoms with E-state index in [1.165, 1.54) is 24.3 Å². The first kappa shape index (κ1) is 12.8. The van der Waals surface area contributed by atoms with E-state index in [0.717, 1.165) is 0 Å². The number of carbonyl (C=O) groups is 1. The van der Waals surface area contributed by atoms with E-state index in [2.05, 4.69) is 0 Å². The first-order valence-electron chi connectivity index (χ1n) is 4.34. The second-order valence-electron chi connectivity index (χ2n) is 3.27. The van der Waals surface area contributed by atoms with Crippen molar-refractivity contribution < 1.29 is 23.1 Å². The Balaban J connectivity index is 2.99. The van der Waals surface area contributed by atoms with Crippen LogP contribution in [0.1, 0.15) is 17.9 Å². The maximum atomic E-state index is 12.2. The molecular weight excluding hydrogens is 245 g/mol. The number of alkyl halides is 3. The van der Waals surface area contributed by atoms with Gasteiger partial charge in [0.05, 0.1) is 12.3 Å². The van der Waals surface area contributed by atoms with Crippen molar-refractivity contribution in [1.82, 2.24) is 0 Å². The van der Waals surface area contributed by atoms with Gasteiger partial charge in [0.2, 0.25) is 0 Å². The second-order valence-corrected chi connectivity index (χ2v) is 3.70. The number of aliphatic carboxylic acids is 1. The van der Waals surface area contributed by atoms with Gasteiger partial charge in [-0.3, -0.25) is 4.79 Å². The van der Waals surface area contributed by atoms with Crippen LogP contribution in [0.25, 0.3) is 0 Å². The fraction of sp³-hybridized carbons (Fsp3) is 0.300. The van der Waals surface area contributed by atoms with E-state index in [4.69, 9.17) is 16.7 Å². The van der Waals surface area contributed by atoms with E-state index in [0.29, 0.717) is 0 Å². The summed E-state index contributed by atoms with van der Waals surface area (Å²) >= 11 is 5.59. The lowest BCUT2D eigenvalue weighted by molar-refractivity contribution is -0.157. The van der Waals surface area contributed by atoms with E-state index >= 15 is 0 Å². The highest BCUT2D eigenvalue weighted by atomic mass is 35.5. The van der Waals surface area contributed by atoms with Gasteiger partial charge in [-0.1, -0.05) is 23.7 Å². The number of hydrogen-bond donors (Lipinski definition) is 1. The summed E-state index contributed by atoms with van der Waals surface area (Å²) in [5.41, 5.74) is 0.0531. The monoisotopic (exact) mass is 252 g/mol. The predicted molar refractivity (Wildman–Crippen MR) is 52.5 cm³/mol. The van der Waals surface area contributed by atoms with Gasteiger partial charge in [-0.2, -0.15) is 13.2 Å². The number of halogens is 4. The van der Waals surface area contributed by atoms with Crippen molar-refractivity contribution in [3.63, 3.8) is 0 Å². The number of rotatable bonds is 3. The molecule has 16 heavy (non-hydrogen) atoms. The predicted octanol–water partition coefficient (Wildman–Crippen LogP) is 3.46. The molecule has 0 aliphatic carbocycles. The van der Waals surface area contributed by atoms with Crippen molar-refractivity contribution in [3.8, 4) is 0 Å². The molecule has 0 heterocycles. The summed E-state index contributed by atoms with van der Waals surface area (Å²) in [6.45, 7) is 0.